The summed E-state index contributed by atoms with van der Waals surface area (Å²) in [5, 5.41) is 9.57. The monoisotopic (exact) mass is 427 g/mol. The Morgan fingerprint density at radius 2 is 1.96 bits per heavy atom. The van der Waals surface area contributed by atoms with Gasteiger partial charge in [-0.1, -0.05) is 44.2 Å². The Bertz CT molecular complexity index is 817. The minimum absolute atomic E-state index is 0.0183. The van der Waals surface area contributed by atoms with Crippen LogP contribution in [0.25, 0.3) is 0 Å². The first kappa shape index (κ1) is 19.7. The molecule has 1 amide bonds. The summed E-state index contributed by atoms with van der Waals surface area (Å²) in [4.78, 5) is 12.1. The lowest BCUT2D eigenvalue weighted by molar-refractivity contribution is 0.0948. The van der Waals surface area contributed by atoms with Crippen molar-refractivity contribution in [3.8, 4) is 0 Å². The number of H-pyrrole nitrogens is 1. The van der Waals surface area contributed by atoms with Crippen molar-refractivity contribution in [1.29, 1.82) is 0 Å². The molecule has 6 nitrogen and oxygen atoms in total. The Morgan fingerprint density at radius 1 is 1.28 bits per heavy atom. The van der Waals surface area contributed by atoms with Crippen LogP contribution >= 0.6 is 15.9 Å². The predicted octanol–water partition coefficient (Wildman–Crippen LogP) is 3.03. The topological polar surface area (TPSA) is 91.9 Å². The second kappa shape index (κ2) is 8.62. The molecule has 0 radical (unpaired) electrons. The first-order valence-electron chi connectivity index (χ1n) is 8.06. The lowest BCUT2D eigenvalue weighted by Gasteiger charge is -2.06. The number of sulfone groups is 1. The zero-order valence-electron chi connectivity index (χ0n) is 14.3. The Labute approximate surface area is 156 Å². The van der Waals surface area contributed by atoms with E-state index >= 15 is 0 Å². The number of benzene rings is 1. The van der Waals surface area contributed by atoms with E-state index in [1.54, 1.807) is 12.1 Å². The largest absolute Gasteiger partial charge is 0.351 e. The van der Waals surface area contributed by atoms with E-state index in [0.29, 0.717) is 10.9 Å². The molecule has 2 aromatic rings. The van der Waals surface area contributed by atoms with Gasteiger partial charge in [-0.2, -0.15) is 5.10 Å². The van der Waals surface area contributed by atoms with Gasteiger partial charge in [-0.3, -0.25) is 9.89 Å². The third kappa shape index (κ3) is 5.67. The van der Waals surface area contributed by atoms with E-state index in [9.17, 15) is 13.2 Å². The fourth-order valence-electron chi connectivity index (χ4n) is 2.35. The number of nitrogens with zero attached hydrogens (tertiary/aromatic N) is 1. The molecule has 0 bridgehead atoms. The van der Waals surface area contributed by atoms with Gasteiger partial charge in [-0.25, -0.2) is 8.42 Å². The summed E-state index contributed by atoms with van der Waals surface area (Å²) < 4.78 is 24.9. The molecule has 1 heterocycles. The van der Waals surface area contributed by atoms with Crippen molar-refractivity contribution in [1.82, 2.24) is 15.5 Å². The van der Waals surface area contributed by atoms with Crippen LogP contribution in [0.15, 0.2) is 34.8 Å². The van der Waals surface area contributed by atoms with Gasteiger partial charge in [0.25, 0.3) is 5.91 Å². The Morgan fingerprint density at radius 3 is 2.56 bits per heavy atom. The van der Waals surface area contributed by atoms with Gasteiger partial charge in [-0.05, 0) is 33.8 Å². The van der Waals surface area contributed by atoms with Gasteiger partial charge in [0.15, 0.2) is 15.5 Å². The van der Waals surface area contributed by atoms with Crippen LogP contribution in [0, 0.1) is 0 Å². The smallest absolute Gasteiger partial charge is 0.272 e. The maximum absolute atomic E-state index is 12.1. The van der Waals surface area contributed by atoms with Gasteiger partial charge in [0.2, 0.25) is 0 Å². The number of hydrogen-bond donors (Lipinski definition) is 2. The van der Waals surface area contributed by atoms with Crippen molar-refractivity contribution in [2.24, 2.45) is 0 Å². The minimum Gasteiger partial charge on any atom is -0.351 e. The van der Waals surface area contributed by atoms with E-state index in [0.717, 1.165) is 11.3 Å². The molecule has 0 aliphatic rings. The van der Waals surface area contributed by atoms with Crippen molar-refractivity contribution in [2.75, 3.05) is 12.3 Å². The van der Waals surface area contributed by atoms with E-state index in [4.69, 9.17) is 0 Å². The molecule has 0 aliphatic heterocycles. The van der Waals surface area contributed by atoms with E-state index < -0.39 is 9.84 Å². The van der Waals surface area contributed by atoms with Crippen LogP contribution in [0.2, 0.25) is 0 Å². The van der Waals surface area contributed by atoms with E-state index in [-0.39, 0.29) is 35.6 Å². The number of aromatic nitrogens is 2. The summed E-state index contributed by atoms with van der Waals surface area (Å²) in [6.45, 7) is 4.28. The Balaban J connectivity index is 1.81. The minimum atomic E-state index is -3.19. The third-order valence-corrected chi connectivity index (χ3v) is 6.16. The molecule has 136 valence electrons. The second-order valence-electron chi connectivity index (χ2n) is 6.14. The molecule has 2 N–H and O–H groups in total. The zero-order valence-corrected chi connectivity index (χ0v) is 16.7. The van der Waals surface area contributed by atoms with Gasteiger partial charge in [-0.15, -0.1) is 0 Å². The van der Waals surface area contributed by atoms with Crippen LogP contribution in [0.1, 0.15) is 47.9 Å². The van der Waals surface area contributed by atoms with Crippen LogP contribution in [0.3, 0.4) is 0 Å². The van der Waals surface area contributed by atoms with Crippen molar-refractivity contribution >= 4 is 31.7 Å². The molecule has 8 heteroatoms. The molecule has 0 saturated carbocycles. The number of amides is 1. The van der Waals surface area contributed by atoms with Crippen molar-refractivity contribution < 1.29 is 13.2 Å². The van der Waals surface area contributed by atoms with Crippen LogP contribution in [-0.4, -0.2) is 36.8 Å². The van der Waals surface area contributed by atoms with Crippen LogP contribution in [0.5, 0.6) is 0 Å². The summed E-state index contributed by atoms with van der Waals surface area (Å²) in [6.07, 6.45) is 0.361. The molecule has 0 fully saturated rings. The highest BCUT2D eigenvalue weighted by Gasteiger charge is 2.19. The number of rotatable bonds is 8. The fraction of sp³-hybridized carbons (Fsp3) is 0.412. The lowest BCUT2D eigenvalue weighted by Crippen LogP contribution is -2.26. The highest BCUT2D eigenvalue weighted by molar-refractivity contribution is 9.10. The van der Waals surface area contributed by atoms with E-state index in [1.165, 1.54) is 0 Å². The molecule has 0 spiro atoms. The predicted molar refractivity (Wildman–Crippen MR) is 101 cm³/mol. The van der Waals surface area contributed by atoms with Crippen LogP contribution in [0.4, 0.5) is 0 Å². The molecule has 0 saturated heterocycles. The zero-order chi connectivity index (χ0) is 18.4. The summed E-state index contributed by atoms with van der Waals surface area (Å²) >= 11 is 3.38. The number of halogens is 1. The molecular formula is C17H22BrN3O3S. The molecule has 1 aromatic carbocycles. The molecular weight excluding hydrogens is 406 g/mol. The molecule has 0 atom stereocenters. The highest BCUT2D eigenvalue weighted by atomic mass is 79.9. The van der Waals surface area contributed by atoms with Gasteiger partial charge in [0.1, 0.15) is 0 Å². The number of nitrogens with one attached hydrogen (secondary N) is 2. The molecule has 25 heavy (non-hydrogen) atoms. The molecule has 0 unspecified atom stereocenters. The number of aromatic amines is 1. The number of carbonyl (C=O) groups excluding carboxylic acids is 1. The lowest BCUT2D eigenvalue weighted by atomic mass is 10.1. The average molecular weight is 428 g/mol. The summed E-state index contributed by atoms with van der Waals surface area (Å²) in [7, 11) is -3.19. The third-order valence-electron chi connectivity index (χ3n) is 3.67. The Kier molecular flexibility index (Phi) is 6.78. The summed E-state index contributed by atoms with van der Waals surface area (Å²) in [6, 6.07) is 9.07. The average Bonchev–Trinajstić information content (AvgIpc) is 2.94. The van der Waals surface area contributed by atoms with Gasteiger partial charge < -0.3 is 5.32 Å². The van der Waals surface area contributed by atoms with E-state index in [2.05, 4.69) is 31.4 Å². The van der Waals surface area contributed by atoms with Gasteiger partial charge in [0.05, 0.1) is 21.7 Å². The van der Waals surface area contributed by atoms with Gasteiger partial charge >= 0.3 is 0 Å². The summed E-state index contributed by atoms with van der Waals surface area (Å²) in [5.74, 6) is -0.0620. The summed E-state index contributed by atoms with van der Waals surface area (Å²) in [5.41, 5.74) is 1.92. The van der Waals surface area contributed by atoms with E-state index in [1.807, 2.05) is 32.0 Å². The van der Waals surface area contributed by atoms with Crippen LogP contribution in [-0.2, 0) is 15.6 Å². The quantitative estimate of drug-likeness (QED) is 0.633. The standard InChI is InChI=1S/C17H22BrN3O3S/c1-12(2)15-14(18)16(21-20-15)17(22)19-9-6-10-25(23,24)11-13-7-4-3-5-8-13/h3-5,7-8,12H,6,9-11H2,1-2H3,(H,19,22)(H,20,21). The molecule has 1 aromatic heterocycles. The SMILES string of the molecule is CC(C)c1[nH]nc(C(=O)NCCCS(=O)(=O)Cc2ccccc2)c1Br. The van der Waals surface area contributed by atoms with Crippen LogP contribution < -0.4 is 5.32 Å². The maximum atomic E-state index is 12.1. The van der Waals surface area contributed by atoms with Gasteiger partial charge in [0, 0.05) is 6.54 Å². The normalized spacial score (nSPS) is 11.7. The second-order valence-corrected chi connectivity index (χ2v) is 9.12. The van der Waals surface area contributed by atoms with Crippen molar-refractivity contribution in [3.63, 3.8) is 0 Å². The van der Waals surface area contributed by atoms with Crippen molar-refractivity contribution in [3.05, 3.63) is 51.8 Å². The van der Waals surface area contributed by atoms with Crippen molar-refractivity contribution in [2.45, 2.75) is 31.9 Å². The molecule has 0 aliphatic carbocycles. The first-order chi connectivity index (χ1) is 11.8. The molecule has 2 rings (SSSR count). The Hall–Kier alpha value is -1.67. The fourth-order valence-corrected chi connectivity index (χ4v) is 4.60. The maximum Gasteiger partial charge on any atom is 0.272 e. The highest BCUT2D eigenvalue weighted by Crippen LogP contribution is 2.25. The number of carbonyl (C=O) groups is 1. The first-order valence-corrected chi connectivity index (χ1v) is 10.7. The number of hydrogen-bond acceptors (Lipinski definition) is 4.